The molecule has 0 saturated carbocycles. The van der Waals surface area contributed by atoms with E-state index in [1.807, 2.05) is 59.5 Å². The van der Waals surface area contributed by atoms with Gasteiger partial charge in [-0.1, -0.05) is 41.6 Å². The number of rotatable bonds is 4. The lowest BCUT2D eigenvalue weighted by Crippen LogP contribution is -2.31. The third-order valence-electron chi connectivity index (χ3n) is 4.74. The number of nitrogens with zero attached hydrogens (tertiary/aromatic N) is 4. The fourth-order valence-electron chi connectivity index (χ4n) is 3.49. The van der Waals surface area contributed by atoms with E-state index in [1.54, 1.807) is 18.0 Å². The van der Waals surface area contributed by atoms with Crippen LogP contribution >= 0.6 is 0 Å². The number of amides is 1. The average Bonchev–Trinajstić information content (AvgIpc) is 3.38. The van der Waals surface area contributed by atoms with Crippen molar-refractivity contribution < 1.29 is 9.53 Å². The molecule has 1 aliphatic heterocycles. The Morgan fingerprint density at radius 2 is 1.88 bits per heavy atom. The summed E-state index contributed by atoms with van der Waals surface area (Å²) in [4.78, 5) is 14.9. The SMILES string of the molecule is COc1ccccc1C1CCCN1C(=O)c1cn(-c2ccccc2)nn1. The lowest BCUT2D eigenvalue weighted by atomic mass is 10.0. The second-order valence-electron chi connectivity index (χ2n) is 6.28. The maximum atomic E-state index is 13.0. The van der Waals surface area contributed by atoms with E-state index in [4.69, 9.17) is 4.74 Å². The Morgan fingerprint density at radius 1 is 1.12 bits per heavy atom. The third kappa shape index (κ3) is 2.94. The first-order valence-electron chi connectivity index (χ1n) is 8.69. The van der Waals surface area contributed by atoms with Gasteiger partial charge in [0.25, 0.3) is 5.91 Å². The highest BCUT2D eigenvalue weighted by atomic mass is 16.5. The summed E-state index contributed by atoms with van der Waals surface area (Å²) in [6, 6.07) is 17.5. The zero-order valence-corrected chi connectivity index (χ0v) is 14.6. The number of methoxy groups -OCH3 is 1. The molecule has 3 aromatic rings. The van der Waals surface area contributed by atoms with Gasteiger partial charge in [-0.05, 0) is 31.0 Å². The van der Waals surface area contributed by atoms with Crippen LogP contribution in [-0.2, 0) is 0 Å². The van der Waals surface area contributed by atoms with Crippen LogP contribution in [0.1, 0.15) is 34.9 Å². The number of hydrogen-bond donors (Lipinski definition) is 0. The number of benzene rings is 2. The monoisotopic (exact) mass is 348 g/mol. The van der Waals surface area contributed by atoms with Crippen LogP contribution in [0.5, 0.6) is 5.75 Å². The van der Waals surface area contributed by atoms with Crippen LogP contribution in [0.25, 0.3) is 5.69 Å². The summed E-state index contributed by atoms with van der Waals surface area (Å²) >= 11 is 0. The topological polar surface area (TPSA) is 60.2 Å². The molecule has 2 heterocycles. The van der Waals surface area contributed by atoms with Gasteiger partial charge in [0.15, 0.2) is 5.69 Å². The van der Waals surface area contributed by atoms with E-state index in [9.17, 15) is 4.79 Å². The maximum Gasteiger partial charge on any atom is 0.276 e. The molecule has 4 rings (SSSR count). The largest absolute Gasteiger partial charge is 0.496 e. The Morgan fingerprint density at radius 3 is 2.69 bits per heavy atom. The van der Waals surface area contributed by atoms with E-state index < -0.39 is 0 Å². The minimum absolute atomic E-state index is 0.000486. The molecule has 0 spiro atoms. The molecule has 1 unspecified atom stereocenters. The smallest absolute Gasteiger partial charge is 0.276 e. The number of likely N-dealkylation sites (tertiary alicyclic amines) is 1. The van der Waals surface area contributed by atoms with Crippen LogP contribution in [0.2, 0.25) is 0 Å². The molecule has 1 saturated heterocycles. The van der Waals surface area contributed by atoms with Crippen molar-refractivity contribution in [2.24, 2.45) is 0 Å². The summed E-state index contributed by atoms with van der Waals surface area (Å²) in [6.45, 7) is 0.708. The lowest BCUT2D eigenvalue weighted by molar-refractivity contribution is 0.0728. The van der Waals surface area contributed by atoms with Crippen LogP contribution in [0.15, 0.2) is 60.8 Å². The average molecular weight is 348 g/mol. The van der Waals surface area contributed by atoms with E-state index >= 15 is 0 Å². The van der Waals surface area contributed by atoms with Gasteiger partial charge in [-0.15, -0.1) is 5.10 Å². The molecule has 2 aromatic carbocycles. The van der Waals surface area contributed by atoms with E-state index in [0.29, 0.717) is 12.2 Å². The van der Waals surface area contributed by atoms with Crippen molar-refractivity contribution in [1.82, 2.24) is 19.9 Å². The quantitative estimate of drug-likeness (QED) is 0.726. The van der Waals surface area contributed by atoms with Crippen LogP contribution in [0.4, 0.5) is 0 Å². The number of ether oxygens (including phenoxy) is 1. The Kier molecular flexibility index (Phi) is 4.39. The second kappa shape index (κ2) is 7.00. The first kappa shape index (κ1) is 16.3. The van der Waals surface area contributed by atoms with Crippen LogP contribution in [0.3, 0.4) is 0 Å². The standard InChI is InChI=1S/C20H20N4O2/c1-26-19-12-6-5-10-16(19)18-11-7-13-23(18)20(25)17-14-24(22-21-17)15-8-3-2-4-9-15/h2-6,8-10,12,14,18H,7,11,13H2,1H3. The Labute approximate surface area is 152 Å². The molecule has 0 aliphatic carbocycles. The van der Waals surface area contributed by atoms with E-state index in [-0.39, 0.29) is 11.9 Å². The van der Waals surface area contributed by atoms with E-state index in [1.165, 1.54) is 0 Å². The molecule has 1 aliphatic rings. The third-order valence-corrected chi connectivity index (χ3v) is 4.74. The Bertz CT molecular complexity index is 907. The molecule has 1 atom stereocenters. The molecule has 0 N–H and O–H groups in total. The number of aromatic nitrogens is 3. The molecular weight excluding hydrogens is 328 g/mol. The summed E-state index contributed by atoms with van der Waals surface area (Å²) in [5.74, 6) is 0.714. The first-order chi connectivity index (χ1) is 12.8. The van der Waals surface area contributed by atoms with E-state index in [2.05, 4.69) is 10.3 Å². The lowest BCUT2D eigenvalue weighted by Gasteiger charge is -2.25. The molecule has 6 heteroatoms. The van der Waals surface area contributed by atoms with Gasteiger partial charge in [0.05, 0.1) is 25.0 Å². The Hall–Kier alpha value is -3.15. The molecule has 0 bridgehead atoms. The molecule has 1 aromatic heterocycles. The molecule has 132 valence electrons. The molecule has 1 fully saturated rings. The van der Waals surface area contributed by atoms with Crippen LogP contribution < -0.4 is 4.74 Å². The normalized spacial score (nSPS) is 16.7. The predicted octanol–water partition coefficient (Wildman–Crippen LogP) is 3.25. The van der Waals surface area contributed by atoms with Gasteiger partial charge in [0, 0.05) is 12.1 Å². The summed E-state index contributed by atoms with van der Waals surface area (Å²) < 4.78 is 7.11. The molecule has 6 nitrogen and oxygen atoms in total. The van der Waals surface area contributed by atoms with Crippen molar-refractivity contribution in [1.29, 1.82) is 0 Å². The molecular formula is C20H20N4O2. The van der Waals surface area contributed by atoms with Crippen LogP contribution in [-0.4, -0.2) is 39.5 Å². The number of hydrogen-bond acceptors (Lipinski definition) is 4. The van der Waals surface area contributed by atoms with Crippen molar-refractivity contribution in [3.05, 3.63) is 72.1 Å². The minimum Gasteiger partial charge on any atom is -0.496 e. The van der Waals surface area contributed by atoms with Crippen molar-refractivity contribution in [2.45, 2.75) is 18.9 Å². The summed E-state index contributed by atoms with van der Waals surface area (Å²) in [5.41, 5.74) is 2.27. The van der Waals surface area contributed by atoms with Crippen molar-refractivity contribution in [3.8, 4) is 11.4 Å². The number of carbonyl (C=O) groups excluding carboxylic acids is 1. The highest BCUT2D eigenvalue weighted by Gasteiger charge is 2.33. The second-order valence-corrected chi connectivity index (χ2v) is 6.28. The summed E-state index contributed by atoms with van der Waals surface area (Å²) in [5, 5.41) is 8.20. The fourth-order valence-corrected chi connectivity index (χ4v) is 3.49. The van der Waals surface area contributed by atoms with Gasteiger partial charge in [0.1, 0.15) is 5.75 Å². The van der Waals surface area contributed by atoms with Gasteiger partial charge in [-0.25, -0.2) is 4.68 Å². The number of para-hydroxylation sites is 2. The highest BCUT2D eigenvalue weighted by molar-refractivity contribution is 5.92. The summed E-state index contributed by atoms with van der Waals surface area (Å²) in [6.07, 6.45) is 3.56. The van der Waals surface area contributed by atoms with Gasteiger partial charge in [-0.3, -0.25) is 4.79 Å². The minimum atomic E-state index is -0.0967. The highest BCUT2D eigenvalue weighted by Crippen LogP contribution is 2.37. The zero-order chi connectivity index (χ0) is 17.9. The maximum absolute atomic E-state index is 13.0. The van der Waals surface area contributed by atoms with Gasteiger partial charge in [-0.2, -0.15) is 0 Å². The van der Waals surface area contributed by atoms with E-state index in [0.717, 1.165) is 29.8 Å². The van der Waals surface area contributed by atoms with Crippen molar-refractivity contribution in [2.75, 3.05) is 13.7 Å². The van der Waals surface area contributed by atoms with Gasteiger partial charge in [0.2, 0.25) is 0 Å². The molecule has 26 heavy (non-hydrogen) atoms. The summed E-state index contributed by atoms with van der Waals surface area (Å²) in [7, 11) is 1.66. The number of carbonyl (C=O) groups is 1. The fraction of sp³-hybridized carbons (Fsp3) is 0.250. The molecule has 0 radical (unpaired) electrons. The zero-order valence-electron chi connectivity index (χ0n) is 14.6. The Balaban J connectivity index is 1.61. The van der Waals surface area contributed by atoms with Crippen molar-refractivity contribution >= 4 is 5.91 Å². The van der Waals surface area contributed by atoms with Gasteiger partial charge < -0.3 is 9.64 Å². The first-order valence-corrected chi connectivity index (χ1v) is 8.69. The molecule has 1 amide bonds. The van der Waals surface area contributed by atoms with Gasteiger partial charge >= 0.3 is 0 Å². The van der Waals surface area contributed by atoms with Crippen molar-refractivity contribution in [3.63, 3.8) is 0 Å². The van der Waals surface area contributed by atoms with Crippen LogP contribution in [0, 0.1) is 0 Å². The predicted molar refractivity (Wildman–Crippen MR) is 97.4 cm³/mol.